The highest BCUT2D eigenvalue weighted by Gasteiger charge is 2.03. The van der Waals surface area contributed by atoms with Crippen LogP contribution < -0.4 is 10.2 Å². The Bertz CT molecular complexity index is 154. The van der Waals surface area contributed by atoms with E-state index in [4.69, 9.17) is 5.11 Å². The zero-order valence-electron chi connectivity index (χ0n) is 5.96. The van der Waals surface area contributed by atoms with Crippen LogP contribution in [0.4, 0.5) is 0 Å². The molecule has 1 amide bonds. The lowest BCUT2D eigenvalue weighted by atomic mass is 10.2. The molecule has 0 aliphatic rings. The summed E-state index contributed by atoms with van der Waals surface area (Å²) in [5.74, 6) is -1.22. The van der Waals surface area contributed by atoms with Crippen LogP contribution in [0.2, 0.25) is 0 Å². The Morgan fingerprint density at radius 1 is 1.45 bits per heavy atom. The number of nitrogens with one attached hydrogen (secondary N) is 2. The number of carbonyl (C=O) groups excluding carboxylic acids is 1. The van der Waals surface area contributed by atoms with Gasteiger partial charge in [-0.25, -0.2) is 0 Å². The van der Waals surface area contributed by atoms with Crippen LogP contribution in [0.15, 0.2) is 0 Å². The monoisotopic (exact) mass is 176 g/mol. The summed E-state index contributed by atoms with van der Waals surface area (Å²) < 4.78 is 0. The maximum atomic E-state index is 10.7. The maximum Gasteiger partial charge on any atom is 0.324 e. The molecule has 0 aliphatic carbocycles. The molecule has 0 aromatic heterocycles. The Morgan fingerprint density at radius 3 is 2.55 bits per heavy atom. The third kappa shape index (κ3) is 7.29. The predicted octanol–water partition coefficient (Wildman–Crippen LogP) is -1.39. The summed E-state index contributed by atoms with van der Waals surface area (Å²) in [4.78, 5) is 23.3. The van der Waals surface area contributed by atoms with E-state index in [1.165, 1.54) is 0 Å². The molecule has 0 aromatic carbocycles. The van der Waals surface area contributed by atoms with E-state index in [1.807, 2.05) is 0 Å². The predicted molar refractivity (Wildman–Crippen MR) is 45.0 cm³/mol. The number of rotatable bonds is 5. The zero-order valence-corrected chi connectivity index (χ0v) is 7.12. The molecule has 5 nitrogen and oxygen atoms in total. The Balaban J connectivity index is 3.30. The van der Waals surface area contributed by atoms with Gasteiger partial charge in [0.1, 0.15) is 0 Å². The third-order valence-electron chi connectivity index (χ3n) is 0.954. The second kappa shape index (κ2) is 6.13. The van der Waals surface area contributed by atoms with E-state index in [1.54, 1.807) is 0 Å². The van der Waals surface area contributed by atoms with Gasteiger partial charge in [0.2, 0.25) is 5.91 Å². The number of carbonyl (C=O) groups is 2. The van der Waals surface area contributed by atoms with Crippen molar-refractivity contribution >= 4 is 28.8 Å². The van der Waals surface area contributed by atoms with Gasteiger partial charge in [-0.1, -0.05) is 9.39 Å². The van der Waals surface area contributed by atoms with E-state index in [0.29, 0.717) is 7.55 Å². The molecule has 7 heteroatoms. The summed E-state index contributed by atoms with van der Waals surface area (Å²) in [6.45, 7) is 0. The number of carboxylic acid groups (broad SMARTS) is 1. The lowest BCUT2D eigenvalue weighted by Gasteiger charge is -1.99. The van der Waals surface area contributed by atoms with Crippen molar-refractivity contribution in [2.24, 2.45) is 0 Å². The van der Waals surface area contributed by atoms with Crippen molar-refractivity contribution < 1.29 is 14.7 Å². The first-order chi connectivity index (χ1) is 5.16. The number of carboxylic acids is 1. The van der Waals surface area contributed by atoms with Crippen molar-refractivity contribution in [1.82, 2.24) is 10.2 Å². The van der Waals surface area contributed by atoms with Gasteiger partial charge >= 0.3 is 13.5 Å². The van der Waals surface area contributed by atoms with Crippen molar-refractivity contribution in [2.45, 2.75) is 12.8 Å². The van der Waals surface area contributed by atoms with Crippen LogP contribution in [0.1, 0.15) is 12.8 Å². The molecule has 0 saturated heterocycles. The number of aliphatic carboxylic acids is 1. The van der Waals surface area contributed by atoms with E-state index in [9.17, 15) is 9.59 Å². The van der Waals surface area contributed by atoms with Crippen LogP contribution in [-0.4, -0.2) is 24.5 Å². The number of amides is 1. The number of hydrogen-bond acceptors (Lipinski definition) is 3. The van der Waals surface area contributed by atoms with Gasteiger partial charge in [0.15, 0.2) is 0 Å². The Morgan fingerprint density at radius 2 is 2.09 bits per heavy atom. The summed E-state index contributed by atoms with van der Waals surface area (Å²) in [6, 6.07) is 0. The van der Waals surface area contributed by atoms with Gasteiger partial charge in [-0.15, -0.1) is 0 Å². The fraction of sp³-hybridized carbons (Fsp3) is 0.500. The van der Waals surface area contributed by atoms with Crippen molar-refractivity contribution in [2.75, 3.05) is 0 Å². The summed E-state index contributed by atoms with van der Waals surface area (Å²) >= 11 is 0. The molecular weight excluding hydrogens is 166 g/mol. The SMILES string of the molecule is O=C(O)CCC(=O)NBNP. The standard InChI is InChI=1S/C4H10BN2O3P/c8-3(6-5-7-11)1-2-4(9)10/h5,7H,1-2,11H2,(H,6,8)(H,9,10). The molecular formula is C4H10BN2O3P. The van der Waals surface area contributed by atoms with Gasteiger partial charge in [-0.3, -0.25) is 9.59 Å². The van der Waals surface area contributed by atoms with Crippen LogP contribution >= 0.6 is 9.39 Å². The molecule has 0 heterocycles. The van der Waals surface area contributed by atoms with Crippen LogP contribution in [-0.2, 0) is 9.59 Å². The van der Waals surface area contributed by atoms with E-state index in [-0.39, 0.29) is 18.7 Å². The van der Waals surface area contributed by atoms with Crippen molar-refractivity contribution in [3.05, 3.63) is 0 Å². The topological polar surface area (TPSA) is 78.4 Å². The first kappa shape index (κ1) is 10.4. The van der Waals surface area contributed by atoms with Gasteiger partial charge in [0.25, 0.3) is 0 Å². The van der Waals surface area contributed by atoms with Gasteiger partial charge in [-0.2, -0.15) is 0 Å². The second-order valence-corrected chi connectivity index (χ2v) is 2.28. The minimum absolute atomic E-state index is 0.0294. The van der Waals surface area contributed by atoms with Crippen LogP contribution in [0.5, 0.6) is 0 Å². The highest BCUT2D eigenvalue weighted by atomic mass is 31.0. The zero-order chi connectivity index (χ0) is 8.69. The maximum absolute atomic E-state index is 10.7. The van der Waals surface area contributed by atoms with Gasteiger partial charge in [0, 0.05) is 6.42 Å². The molecule has 0 radical (unpaired) electrons. The minimum Gasteiger partial charge on any atom is -0.481 e. The molecule has 1 unspecified atom stereocenters. The average Bonchev–Trinajstić information content (AvgIpc) is 1.97. The Hall–Kier alpha value is -0.605. The molecule has 0 spiro atoms. The lowest BCUT2D eigenvalue weighted by molar-refractivity contribution is -0.138. The molecule has 0 aliphatic heterocycles. The van der Waals surface area contributed by atoms with Crippen molar-refractivity contribution in [1.29, 1.82) is 0 Å². The van der Waals surface area contributed by atoms with Gasteiger partial charge in [0.05, 0.1) is 6.42 Å². The Labute approximate surface area is 67.5 Å². The van der Waals surface area contributed by atoms with E-state index in [2.05, 4.69) is 19.6 Å². The largest absolute Gasteiger partial charge is 0.481 e. The molecule has 11 heavy (non-hydrogen) atoms. The van der Waals surface area contributed by atoms with Crippen LogP contribution in [0, 0.1) is 0 Å². The highest BCUT2D eigenvalue weighted by Crippen LogP contribution is 1.86. The van der Waals surface area contributed by atoms with Crippen LogP contribution in [0.3, 0.4) is 0 Å². The van der Waals surface area contributed by atoms with E-state index < -0.39 is 5.97 Å². The minimum atomic E-state index is -0.959. The quantitative estimate of drug-likeness (QED) is 0.356. The lowest BCUT2D eigenvalue weighted by Crippen LogP contribution is -2.33. The van der Waals surface area contributed by atoms with Crippen molar-refractivity contribution in [3.8, 4) is 0 Å². The molecule has 0 rings (SSSR count). The summed E-state index contributed by atoms with van der Waals surface area (Å²) in [5.41, 5.74) is 0. The first-order valence-electron chi connectivity index (χ1n) is 3.08. The average molecular weight is 176 g/mol. The number of hydrogen-bond donors (Lipinski definition) is 3. The third-order valence-corrected chi connectivity index (χ3v) is 1.16. The Kier molecular flexibility index (Phi) is 5.79. The molecule has 62 valence electrons. The van der Waals surface area contributed by atoms with Crippen LogP contribution in [0.25, 0.3) is 0 Å². The van der Waals surface area contributed by atoms with E-state index in [0.717, 1.165) is 0 Å². The fourth-order valence-corrected chi connectivity index (χ4v) is 0.561. The summed E-state index contributed by atoms with van der Waals surface area (Å²) in [5, 5.41) is 10.6. The van der Waals surface area contributed by atoms with E-state index >= 15 is 0 Å². The summed E-state index contributed by atoms with van der Waals surface area (Å²) in [7, 11) is 2.55. The molecule has 3 N–H and O–H groups in total. The molecule has 1 atom stereocenters. The normalized spacial score (nSPS) is 8.82. The van der Waals surface area contributed by atoms with Crippen molar-refractivity contribution in [3.63, 3.8) is 0 Å². The fourth-order valence-electron chi connectivity index (χ4n) is 0.458. The van der Waals surface area contributed by atoms with Gasteiger partial charge in [-0.05, 0) is 0 Å². The smallest absolute Gasteiger partial charge is 0.324 e. The molecule has 0 bridgehead atoms. The second-order valence-electron chi connectivity index (χ2n) is 1.87. The summed E-state index contributed by atoms with van der Waals surface area (Å²) in [6.07, 6.45) is -0.0929. The molecule has 0 saturated carbocycles. The highest BCUT2D eigenvalue weighted by molar-refractivity contribution is 7.16. The van der Waals surface area contributed by atoms with Gasteiger partial charge < -0.3 is 15.3 Å². The molecule has 0 aromatic rings. The first-order valence-corrected chi connectivity index (χ1v) is 3.66. The molecule has 0 fully saturated rings.